The summed E-state index contributed by atoms with van der Waals surface area (Å²) in [6.07, 6.45) is -0.734. The van der Waals surface area contributed by atoms with Crippen molar-refractivity contribution in [3.63, 3.8) is 0 Å². The number of aliphatic carboxylic acids is 1. The first-order valence-corrected chi connectivity index (χ1v) is 14.3. The number of pyridine rings is 1. The van der Waals surface area contributed by atoms with E-state index in [0.29, 0.717) is 79.6 Å². The Morgan fingerprint density at radius 3 is 2.47 bits per heavy atom. The van der Waals surface area contributed by atoms with Gasteiger partial charge in [-0.15, -0.1) is 5.10 Å². The van der Waals surface area contributed by atoms with Crippen LogP contribution in [0.1, 0.15) is 37.7 Å². The number of nitrogens with one attached hydrogen (secondary N) is 1. The number of ether oxygens (including phenoxy) is 2. The van der Waals surface area contributed by atoms with Gasteiger partial charge in [-0.2, -0.15) is 23.1 Å². The van der Waals surface area contributed by atoms with E-state index < -0.39 is 17.7 Å². The summed E-state index contributed by atoms with van der Waals surface area (Å²) in [5, 5.41) is 20.8. The van der Waals surface area contributed by atoms with Gasteiger partial charge in [0.25, 0.3) is 0 Å². The summed E-state index contributed by atoms with van der Waals surface area (Å²) in [7, 11) is 1.63. The van der Waals surface area contributed by atoms with Gasteiger partial charge in [0, 0.05) is 50.2 Å². The molecule has 0 atom stereocenters. The van der Waals surface area contributed by atoms with Gasteiger partial charge in [-0.25, -0.2) is 4.98 Å². The van der Waals surface area contributed by atoms with Crippen LogP contribution in [0.3, 0.4) is 0 Å². The largest absolute Gasteiger partial charge is 0.481 e. The normalized spacial score (nSPS) is 11.7. The molecular formula is C29H34F3N7O6. The summed E-state index contributed by atoms with van der Waals surface area (Å²) in [5.41, 5.74) is 1.23. The molecule has 1 aromatic carbocycles. The van der Waals surface area contributed by atoms with E-state index in [1.807, 2.05) is 0 Å². The zero-order valence-electron chi connectivity index (χ0n) is 24.6. The number of benzene rings is 1. The number of halogens is 3. The molecule has 0 aliphatic carbocycles. The van der Waals surface area contributed by atoms with Crippen molar-refractivity contribution in [1.82, 2.24) is 29.9 Å². The quantitative estimate of drug-likeness (QED) is 0.124. The second-order valence-electron chi connectivity index (χ2n) is 10.1. The fourth-order valence-electron chi connectivity index (χ4n) is 4.66. The molecule has 0 saturated heterocycles. The van der Waals surface area contributed by atoms with Crippen LogP contribution in [0.25, 0.3) is 27.9 Å². The number of anilines is 1. The average Bonchev–Trinajstić information content (AvgIpc) is 3.51. The molecule has 4 rings (SSSR count). The molecule has 2 N–H and O–H groups in total. The van der Waals surface area contributed by atoms with Gasteiger partial charge >= 0.3 is 12.1 Å². The maximum Gasteiger partial charge on any atom is 0.417 e. The summed E-state index contributed by atoms with van der Waals surface area (Å²) in [6.45, 7) is 1.73. The second-order valence-corrected chi connectivity index (χ2v) is 10.1. The molecule has 45 heavy (non-hydrogen) atoms. The van der Waals surface area contributed by atoms with Crippen LogP contribution in [0, 0.1) is 0 Å². The minimum absolute atomic E-state index is 0.106. The Kier molecular flexibility index (Phi) is 11.4. The van der Waals surface area contributed by atoms with Crippen LogP contribution in [-0.2, 0) is 37.1 Å². The molecule has 16 heteroatoms. The van der Waals surface area contributed by atoms with E-state index in [1.165, 1.54) is 15.8 Å². The first-order valence-electron chi connectivity index (χ1n) is 14.3. The zero-order valence-corrected chi connectivity index (χ0v) is 24.6. The highest BCUT2D eigenvalue weighted by Gasteiger charge is 2.31. The number of carboxylic acids is 1. The first kappa shape index (κ1) is 33.3. The minimum atomic E-state index is -4.51. The molecule has 13 nitrogen and oxygen atoms in total. The van der Waals surface area contributed by atoms with Gasteiger partial charge in [0.2, 0.25) is 12.3 Å². The number of carbonyl (C=O) groups is 3. The highest BCUT2D eigenvalue weighted by Crippen LogP contribution is 2.33. The van der Waals surface area contributed by atoms with Crippen molar-refractivity contribution in [2.45, 2.75) is 38.3 Å². The fraction of sp³-hybridized carbons (Fsp3) is 0.448. The van der Waals surface area contributed by atoms with Gasteiger partial charge in [-0.05, 0) is 43.2 Å². The van der Waals surface area contributed by atoms with Crippen molar-refractivity contribution in [2.75, 3.05) is 44.4 Å². The van der Waals surface area contributed by atoms with E-state index in [4.69, 9.17) is 14.6 Å². The summed E-state index contributed by atoms with van der Waals surface area (Å²) < 4.78 is 51.9. The van der Waals surface area contributed by atoms with Crippen LogP contribution < -0.4 is 10.2 Å². The van der Waals surface area contributed by atoms with Gasteiger partial charge in [0.05, 0.1) is 37.5 Å². The van der Waals surface area contributed by atoms with Crippen LogP contribution in [0.2, 0.25) is 0 Å². The van der Waals surface area contributed by atoms with Gasteiger partial charge in [0.15, 0.2) is 5.65 Å². The van der Waals surface area contributed by atoms with E-state index in [2.05, 4.69) is 20.5 Å². The number of nitrogens with zero attached hydrogens (tertiary/aromatic N) is 6. The number of amides is 2. The van der Waals surface area contributed by atoms with Crippen molar-refractivity contribution in [3.05, 3.63) is 42.1 Å². The number of hydrogen-bond acceptors (Lipinski definition) is 8. The molecule has 0 aliphatic heterocycles. The number of alkyl halides is 3. The lowest BCUT2D eigenvalue weighted by molar-refractivity contribution is -0.138. The average molecular weight is 634 g/mol. The predicted molar refractivity (Wildman–Crippen MR) is 157 cm³/mol. The smallest absolute Gasteiger partial charge is 0.417 e. The van der Waals surface area contributed by atoms with Crippen molar-refractivity contribution < 1.29 is 42.1 Å². The Morgan fingerprint density at radius 2 is 1.78 bits per heavy atom. The molecule has 0 bridgehead atoms. The molecular weight excluding hydrogens is 599 g/mol. The minimum Gasteiger partial charge on any atom is -0.481 e. The highest BCUT2D eigenvalue weighted by atomic mass is 19.4. The Labute approximate surface area is 255 Å². The van der Waals surface area contributed by atoms with Crippen molar-refractivity contribution in [2.24, 2.45) is 7.05 Å². The third-order valence-electron chi connectivity index (χ3n) is 6.86. The SMILES string of the molecule is Cn1nc2c3cc(N(C=O)CCOCCOCCNC(=O)CCCCCC(=O)O)ccc3n(-c3ccc(C(F)(F)F)cn3)c2n1. The molecule has 0 spiro atoms. The Bertz CT molecular complexity index is 1600. The highest BCUT2D eigenvalue weighted by molar-refractivity contribution is 6.07. The monoisotopic (exact) mass is 633 g/mol. The van der Waals surface area contributed by atoms with E-state index in [1.54, 1.807) is 29.8 Å². The lowest BCUT2D eigenvalue weighted by Crippen LogP contribution is -2.28. The van der Waals surface area contributed by atoms with Crippen LogP contribution in [0.4, 0.5) is 18.9 Å². The molecule has 3 aromatic heterocycles. The summed E-state index contributed by atoms with van der Waals surface area (Å²) in [5.74, 6) is -0.700. The Balaban J connectivity index is 1.25. The summed E-state index contributed by atoms with van der Waals surface area (Å²) >= 11 is 0. The molecule has 0 unspecified atom stereocenters. The number of aromatic nitrogens is 5. The van der Waals surface area contributed by atoms with E-state index in [0.717, 1.165) is 12.3 Å². The van der Waals surface area contributed by atoms with Crippen LogP contribution in [0.5, 0.6) is 0 Å². The van der Waals surface area contributed by atoms with Crippen molar-refractivity contribution >= 4 is 46.0 Å². The van der Waals surface area contributed by atoms with Gasteiger partial charge in [-0.3, -0.25) is 19.0 Å². The standard InChI is InChI=1S/C29H34F3N7O6/c1-37-35-27-22-17-21(8-9-23(22)39(28(27)36-37)24-10-7-20(18-34-24)29(30,31)32)38(19-40)12-14-45-16-15-44-13-11-33-25(41)5-3-2-4-6-26(42)43/h7-10,17-19H,2-6,11-16H2,1H3,(H,33,41)(H,42,43). The number of hydrogen-bond donors (Lipinski definition) is 2. The summed E-state index contributed by atoms with van der Waals surface area (Å²) in [4.78, 5) is 41.0. The maximum atomic E-state index is 13.1. The molecule has 4 aromatic rings. The van der Waals surface area contributed by atoms with E-state index in [-0.39, 0.29) is 37.9 Å². The molecule has 0 fully saturated rings. The summed E-state index contributed by atoms with van der Waals surface area (Å²) in [6, 6.07) is 7.43. The molecule has 0 aliphatic rings. The zero-order chi connectivity index (χ0) is 32.4. The fourth-order valence-corrected chi connectivity index (χ4v) is 4.66. The number of aryl methyl sites for hydroxylation is 1. The number of unbranched alkanes of at least 4 members (excludes halogenated alkanes) is 2. The van der Waals surface area contributed by atoms with E-state index in [9.17, 15) is 27.6 Å². The molecule has 0 saturated carbocycles. The van der Waals surface area contributed by atoms with Crippen LogP contribution in [-0.4, -0.2) is 87.5 Å². The third kappa shape index (κ3) is 8.98. The number of fused-ring (bicyclic) bond motifs is 3. The molecule has 242 valence electrons. The lowest BCUT2D eigenvalue weighted by atomic mass is 10.1. The lowest BCUT2D eigenvalue weighted by Gasteiger charge is -2.18. The van der Waals surface area contributed by atoms with Crippen molar-refractivity contribution in [1.29, 1.82) is 0 Å². The predicted octanol–water partition coefficient (Wildman–Crippen LogP) is 3.47. The maximum absolute atomic E-state index is 13.1. The van der Waals surface area contributed by atoms with Gasteiger partial charge < -0.3 is 24.8 Å². The van der Waals surface area contributed by atoms with Crippen molar-refractivity contribution in [3.8, 4) is 5.82 Å². The first-order chi connectivity index (χ1) is 21.6. The number of carbonyl (C=O) groups excluding carboxylic acids is 2. The van der Waals surface area contributed by atoms with Gasteiger partial charge in [-0.1, -0.05) is 6.42 Å². The van der Waals surface area contributed by atoms with Crippen LogP contribution in [0.15, 0.2) is 36.5 Å². The number of rotatable bonds is 18. The number of carboxylic acid groups (broad SMARTS) is 1. The third-order valence-corrected chi connectivity index (χ3v) is 6.86. The Hall–Kier alpha value is -4.57. The second kappa shape index (κ2) is 15.4. The molecule has 3 heterocycles. The Morgan fingerprint density at radius 1 is 1.02 bits per heavy atom. The molecule has 2 amide bonds. The van der Waals surface area contributed by atoms with Crippen LogP contribution >= 0.6 is 0 Å². The molecule has 0 radical (unpaired) electrons. The van der Waals surface area contributed by atoms with Gasteiger partial charge in [0.1, 0.15) is 11.3 Å². The van der Waals surface area contributed by atoms with E-state index >= 15 is 0 Å². The topological polar surface area (TPSA) is 154 Å².